The lowest BCUT2D eigenvalue weighted by Crippen LogP contribution is -2.30. The van der Waals surface area contributed by atoms with Crippen LogP contribution in [-0.4, -0.2) is 31.4 Å². The fourth-order valence-electron chi connectivity index (χ4n) is 1.91. The minimum Gasteiger partial charge on any atom is -0.493 e. The number of unbranched alkanes of at least 4 members (excludes halogenated alkanes) is 1. The second-order valence-corrected chi connectivity index (χ2v) is 5.72. The molecule has 1 aromatic carbocycles. The zero-order valence-electron chi connectivity index (χ0n) is 12.4. The Balaban J connectivity index is 2.11. The number of hydrogen-bond acceptors (Lipinski definition) is 5. The van der Waals surface area contributed by atoms with Gasteiger partial charge >= 0.3 is 0 Å². The molecule has 0 spiro atoms. The molecule has 1 aliphatic rings. The largest absolute Gasteiger partial charge is 0.493 e. The molecule has 0 aliphatic carbocycles. The van der Waals surface area contributed by atoms with E-state index in [1.807, 2.05) is 25.1 Å². The first-order valence-corrected chi connectivity index (χ1v) is 8.01. The minimum atomic E-state index is 0.720. The summed E-state index contributed by atoms with van der Waals surface area (Å²) in [7, 11) is 0. The molecule has 2 N–H and O–H groups in total. The molecule has 5 nitrogen and oxygen atoms in total. The monoisotopic (exact) mass is 352 g/mol. The molecule has 0 bridgehead atoms. The summed E-state index contributed by atoms with van der Waals surface area (Å²) in [5, 5.41) is 7.50. The number of aliphatic imine (C=N–C) groups is 1. The quantitative estimate of drug-likeness (QED) is 0.470. The minimum absolute atomic E-state index is 0.720. The molecule has 0 saturated carbocycles. The van der Waals surface area contributed by atoms with Crippen molar-refractivity contribution >= 4 is 27.6 Å². The number of hydrazone groups is 1. The Morgan fingerprint density at radius 1 is 1.52 bits per heavy atom. The van der Waals surface area contributed by atoms with Crippen LogP contribution < -0.4 is 15.5 Å². The maximum atomic E-state index is 5.85. The molecule has 0 amide bonds. The van der Waals surface area contributed by atoms with Crippen LogP contribution in [0, 0.1) is 0 Å². The predicted octanol–water partition coefficient (Wildman–Crippen LogP) is 2.90. The second kappa shape index (κ2) is 8.02. The van der Waals surface area contributed by atoms with E-state index in [2.05, 4.69) is 43.7 Å². The van der Waals surface area contributed by atoms with E-state index in [9.17, 15) is 0 Å². The van der Waals surface area contributed by atoms with Crippen molar-refractivity contribution in [1.82, 2.24) is 10.7 Å². The van der Waals surface area contributed by atoms with Crippen molar-refractivity contribution in [1.29, 1.82) is 0 Å². The zero-order chi connectivity index (χ0) is 15.1. The highest BCUT2D eigenvalue weighted by atomic mass is 79.9. The molecule has 1 aromatic rings. The van der Waals surface area contributed by atoms with Gasteiger partial charge in [-0.15, -0.1) is 0 Å². The SMILES string of the molecule is CCCCOc1ccc(Br)cc1C(C)=NNC1=NCCN1. The molecule has 0 saturated heterocycles. The van der Waals surface area contributed by atoms with Gasteiger partial charge in [0.1, 0.15) is 5.75 Å². The maximum Gasteiger partial charge on any atom is 0.212 e. The molecule has 0 unspecified atom stereocenters. The number of ether oxygens (including phenoxy) is 1. The second-order valence-electron chi connectivity index (χ2n) is 4.81. The molecule has 0 radical (unpaired) electrons. The molecule has 6 heteroatoms. The summed E-state index contributed by atoms with van der Waals surface area (Å²) in [5.74, 6) is 1.58. The number of hydrogen-bond donors (Lipinski definition) is 2. The molecule has 0 fully saturated rings. The van der Waals surface area contributed by atoms with Gasteiger partial charge in [0.15, 0.2) is 0 Å². The van der Waals surface area contributed by atoms with Gasteiger partial charge in [-0.3, -0.25) is 0 Å². The Morgan fingerprint density at radius 3 is 3.10 bits per heavy atom. The topological polar surface area (TPSA) is 58.0 Å². The molecule has 2 rings (SSSR count). The van der Waals surface area contributed by atoms with Gasteiger partial charge in [-0.25, -0.2) is 10.4 Å². The van der Waals surface area contributed by atoms with E-state index in [0.717, 1.165) is 60.0 Å². The lowest BCUT2D eigenvalue weighted by Gasteiger charge is -2.12. The van der Waals surface area contributed by atoms with Gasteiger partial charge < -0.3 is 10.1 Å². The highest BCUT2D eigenvalue weighted by molar-refractivity contribution is 9.10. The molecule has 1 aliphatic heterocycles. The summed E-state index contributed by atoms with van der Waals surface area (Å²) in [4.78, 5) is 4.25. The first-order chi connectivity index (χ1) is 10.2. The van der Waals surface area contributed by atoms with E-state index in [1.54, 1.807) is 0 Å². The van der Waals surface area contributed by atoms with E-state index in [0.29, 0.717) is 0 Å². The third kappa shape index (κ3) is 4.74. The zero-order valence-corrected chi connectivity index (χ0v) is 14.0. The first-order valence-electron chi connectivity index (χ1n) is 7.22. The van der Waals surface area contributed by atoms with Gasteiger partial charge in [-0.2, -0.15) is 5.10 Å². The van der Waals surface area contributed by atoms with E-state index in [4.69, 9.17) is 4.74 Å². The number of guanidine groups is 1. The number of nitrogens with zero attached hydrogens (tertiary/aromatic N) is 2. The Labute approximate surface area is 134 Å². The molecular weight excluding hydrogens is 332 g/mol. The van der Waals surface area contributed by atoms with Crippen LogP contribution >= 0.6 is 15.9 Å². The highest BCUT2D eigenvalue weighted by Crippen LogP contribution is 2.24. The number of benzene rings is 1. The molecule has 1 heterocycles. The van der Waals surface area contributed by atoms with Crippen LogP contribution in [0.15, 0.2) is 32.8 Å². The standard InChI is InChI=1S/C15H21BrN4O/c1-3-4-9-21-14-6-5-12(16)10-13(14)11(2)19-20-15-17-7-8-18-15/h5-6,10H,3-4,7-9H2,1-2H3,(H2,17,18,20). The summed E-state index contributed by atoms with van der Waals surface area (Å²) >= 11 is 3.50. The number of halogens is 1. The average Bonchev–Trinajstić information content (AvgIpc) is 3.00. The summed E-state index contributed by atoms with van der Waals surface area (Å²) in [6, 6.07) is 5.97. The lowest BCUT2D eigenvalue weighted by molar-refractivity contribution is 0.309. The van der Waals surface area contributed by atoms with Gasteiger partial charge in [0.2, 0.25) is 5.96 Å². The van der Waals surface area contributed by atoms with Crippen molar-refractivity contribution in [2.75, 3.05) is 19.7 Å². The van der Waals surface area contributed by atoms with E-state index >= 15 is 0 Å². The summed E-state index contributed by atoms with van der Waals surface area (Å²) in [6.45, 7) is 6.48. The Bertz CT molecular complexity index is 542. The van der Waals surface area contributed by atoms with Gasteiger partial charge in [-0.05, 0) is 31.5 Å². The fraction of sp³-hybridized carbons (Fsp3) is 0.467. The van der Waals surface area contributed by atoms with Crippen LogP contribution in [-0.2, 0) is 0 Å². The molecule has 0 atom stereocenters. The fourth-order valence-corrected chi connectivity index (χ4v) is 2.27. The first kappa shape index (κ1) is 15.8. The summed E-state index contributed by atoms with van der Waals surface area (Å²) in [5.41, 5.74) is 4.79. The van der Waals surface area contributed by atoms with Crippen LogP contribution in [0.3, 0.4) is 0 Å². The Kier molecular flexibility index (Phi) is 6.04. The number of rotatable bonds is 6. The van der Waals surface area contributed by atoms with Gasteiger partial charge in [-0.1, -0.05) is 29.3 Å². The average molecular weight is 353 g/mol. The third-order valence-electron chi connectivity index (χ3n) is 3.09. The third-order valence-corrected chi connectivity index (χ3v) is 3.58. The van der Waals surface area contributed by atoms with Crippen LogP contribution in [0.1, 0.15) is 32.3 Å². The van der Waals surface area contributed by atoms with Crippen LogP contribution in [0.5, 0.6) is 5.75 Å². The van der Waals surface area contributed by atoms with Crippen molar-refractivity contribution in [3.8, 4) is 5.75 Å². The van der Waals surface area contributed by atoms with E-state index < -0.39 is 0 Å². The normalized spacial score (nSPS) is 14.6. The van der Waals surface area contributed by atoms with Crippen LogP contribution in [0.2, 0.25) is 0 Å². The highest BCUT2D eigenvalue weighted by Gasteiger charge is 2.09. The summed E-state index contributed by atoms with van der Waals surface area (Å²) < 4.78 is 6.86. The van der Waals surface area contributed by atoms with Crippen molar-refractivity contribution in [3.05, 3.63) is 28.2 Å². The van der Waals surface area contributed by atoms with Crippen molar-refractivity contribution < 1.29 is 4.74 Å². The molecule has 0 aromatic heterocycles. The van der Waals surface area contributed by atoms with Crippen molar-refractivity contribution in [2.24, 2.45) is 10.1 Å². The van der Waals surface area contributed by atoms with E-state index in [1.165, 1.54) is 0 Å². The van der Waals surface area contributed by atoms with Crippen LogP contribution in [0.4, 0.5) is 0 Å². The maximum absolute atomic E-state index is 5.85. The van der Waals surface area contributed by atoms with Crippen LogP contribution in [0.25, 0.3) is 0 Å². The van der Waals surface area contributed by atoms with Crippen molar-refractivity contribution in [3.63, 3.8) is 0 Å². The number of nitrogens with one attached hydrogen (secondary N) is 2. The Hall–Kier alpha value is -1.56. The molecule has 114 valence electrons. The lowest BCUT2D eigenvalue weighted by atomic mass is 10.1. The predicted molar refractivity (Wildman–Crippen MR) is 90.2 cm³/mol. The van der Waals surface area contributed by atoms with Crippen molar-refractivity contribution in [2.45, 2.75) is 26.7 Å². The van der Waals surface area contributed by atoms with E-state index in [-0.39, 0.29) is 0 Å². The van der Waals surface area contributed by atoms with Gasteiger partial charge in [0.05, 0.1) is 18.9 Å². The summed E-state index contributed by atoms with van der Waals surface area (Å²) in [6.07, 6.45) is 2.16. The molecular formula is C15H21BrN4O. The van der Waals surface area contributed by atoms with Gasteiger partial charge in [0, 0.05) is 16.6 Å². The smallest absolute Gasteiger partial charge is 0.212 e. The Morgan fingerprint density at radius 2 is 2.38 bits per heavy atom. The molecule has 21 heavy (non-hydrogen) atoms. The van der Waals surface area contributed by atoms with Gasteiger partial charge in [0.25, 0.3) is 0 Å².